The molecular weight excluding hydrogens is 278 g/mol. The van der Waals surface area contributed by atoms with Gasteiger partial charge in [-0.05, 0) is 25.0 Å². The summed E-state index contributed by atoms with van der Waals surface area (Å²) >= 11 is 0. The van der Waals surface area contributed by atoms with Crippen LogP contribution >= 0.6 is 0 Å². The van der Waals surface area contributed by atoms with Gasteiger partial charge in [-0.25, -0.2) is 0 Å². The van der Waals surface area contributed by atoms with Gasteiger partial charge in [0, 0.05) is 16.5 Å². The molecule has 1 rings (SSSR count). The van der Waals surface area contributed by atoms with Crippen molar-refractivity contribution in [2.75, 3.05) is 11.1 Å². The highest BCUT2D eigenvalue weighted by molar-refractivity contribution is 7.87. The smallest absolute Gasteiger partial charge is 0.319 e. The zero-order valence-electron chi connectivity index (χ0n) is 11.8. The molecule has 0 spiro atoms. The number of hydrogen-bond acceptors (Lipinski definition) is 3. The lowest BCUT2D eigenvalue weighted by Crippen LogP contribution is -2.35. The molecule has 1 aromatic carbocycles. The van der Waals surface area contributed by atoms with Gasteiger partial charge in [0.1, 0.15) is 11.0 Å². The number of amides is 1. The van der Waals surface area contributed by atoms with Crippen LogP contribution < -0.4 is 5.32 Å². The van der Waals surface area contributed by atoms with Crippen LogP contribution in [0.4, 0.5) is 5.69 Å². The molecule has 2 atom stereocenters. The number of rotatable bonds is 6. The molecule has 0 aliphatic heterocycles. The van der Waals surface area contributed by atoms with Gasteiger partial charge in [0.25, 0.3) is 0 Å². The van der Waals surface area contributed by atoms with Gasteiger partial charge in [-0.1, -0.05) is 31.5 Å². The third-order valence-corrected chi connectivity index (χ3v) is 4.60. The van der Waals surface area contributed by atoms with Gasteiger partial charge in [0.2, 0.25) is 5.91 Å². The fourth-order valence-electron chi connectivity index (χ4n) is 1.75. The summed E-state index contributed by atoms with van der Waals surface area (Å²) in [5.41, 5.74) is 1.67. The summed E-state index contributed by atoms with van der Waals surface area (Å²) in [7, 11) is -1.74. The molecule has 1 aromatic rings. The van der Waals surface area contributed by atoms with Gasteiger partial charge in [0.05, 0.1) is 0 Å². The third kappa shape index (κ3) is 4.77. The van der Waals surface area contributed by atoms with Crippen LogP contribution in [0.5, 0.6) is 0 Å². The van der Waals surface area contributed by atoms with E-state index in [-0.39, 0.29) is 11.7 Å². The maximum Gasteiger partial charge on any atom is 0.319 e. The maximum atomic E-state index is 12.0. The fourth-order valence-corrected chi connectivity index (χ4v) is 3.10. The lowest BCUT2D eigenvalue weighted by atomic mass is 10.1. The first-order valence-electron chi connectivity index (χ1n) is 6.27. The number of aliphatic carboxylic acids is 1. The third-order valence-electron chi connectivity index (χ3n) is 2.74. The Hall–Kier alpha value is -1.69. The van der Waals surface area contributed by atoms with Gasteiger partial charge in [-0.3, -0.25) is 13.8 Å². The molecule has 0 heterocycles. The highest BCUT2D eigenvalue weighted by Crippen LogP contribution is 2.12. The van der Waals surface area contributed by atoms with Crippen molar-refractivity contribution in [3.05, 3.63) is 29.8 Å². The first-order chi connectivity index (χ1) is 9.31. The second-order valence-electron chi connectivity index (χ2n) is 4.94. The Morgan fingerprint density at radius 2 is 1.80 bits per heavy atom. The predicted molar refractivity (Wildman–Crippen MR) is 79.1 cm³/mol. The number of benzene rings is 1. The van der Waals surface area contributed by atoms with E-state index in [1.165, 1.54) is 0 Å². The quantitative estimate of drug-likeness (QED) is 0.838. The Kier molecular flexibility index (Phi) is 5.88. The molecule has 5 nitrogen and oxygen atoms in total. The molecule has 0 bridgehead atoms. The second kappa shape index (κ2) is 7.19. The van der Waals surface area contributed by atoms with Crippen molar-refractivity contribution in [1.29, 1.82) is 0 Å². The Bertz CT molecular complexity index is 510. The molecule has 0 saturated carbocycles. The average molecular weight is 297 g/mol. The Morgan fingerprint density at radius 1 is 1.25 bits per heavy atom. The number of aryl methyl sites for hydroxylation is 1. The van der Waals surface area contributed by atoms with Crippen LogP contribution in [0, 0.1) is 12.8 Å². The lowest BCUT2D eigenvalue weighted by molar-refractivity contribution is -0.137. The Balaban J connectivity index is 2.63. The number of carbonyl (C=O) groups is 2. The molecule has 0 aromatic heterocycles. The predicted octanol–water partition coefficient (Wildman–Crippen LogP) is 1.79. The molecule has 20 heavy (non-hydrogen) atoms. The normalized spacial score (nSPS) is 13.8. The van der Waals surface area contributed by atoms with Crippen LogP contribution in [0.2, 0.25) is 0 Å². The number of nitrogens with one attached hydrogen (secondary N) is 1. The summed E-state index contributed by atoms with van der Waals surface area (Å²) in [4.78, 5) is 22.8. The van der Waals surface area contributed by atoms with Gasteiger partial charge in [0.15, 0.2) is 0 Å². The Morgan fingerprint density at radius 3 is 2.25 bits per heavy atom. The van der Waals surface area contributed by atoms with Crippen molar-refractivity contribution in [2.24, 2.45) is 5.92 Å². The molecule has 0 saturated heterocycles. The van der Waals surface area contributed by atoms with Crippen molar-refractivity contribution in [3.8, 4) is 0 Å². The summed E-state index contributed by atoms with van der Waals surface area (Å²) in [5, 5.41) is 10.6. The van der Waals surface area contributed by atoms with E-state index in [0.29, 0.717) is 5.69 Å². The Labute approximate surface area is 120 Å². The molecule has 0 fully saturated rings. The summed E-state index contributed by atoms with van der Waals surface area (Å²) in [6.07, 6.45) is 0. The lowest BCUT2D eigenvalue weighted by Gasteiger charge is -2.15. The van der Waals surface area contributed by atoms with Gasteiger partial charge in [-0.2, -0.15) is 0 Å². The first-order valence-corrected chi connectivity index (χ1v) is 7.66. The molecule has 2 N–H and O–H groups in total. The molecule has 110 valence electrons. The minimum atomic E-state index is -1.74. The van der Waals surface area contributed by atoms with Crippen LogP contribution in [0.3, 0.4) is 0 Å². The van der Waals surface area contributed by atoms with Gasteiger partial charge in [-0.15, -0.1) is 0 Å². The molecule has 2 unspecified atom stereocenters. The SMILES string of the molecule is Cc1ccc(NC(=O)CS(=O)C(C(=O)O)C(C)C)cc1. The number of hydrogen-bond donors (Lipinski definition) is 2. The number of anilines is 1. The van der Waals surface area contributed by atoms with Crippen LogP contribution in [-0.2, 0) is 20.4 Å². The minimum absolute atomic E-state index is 0.291. The van der Waals surface area contributed by atoms with Crippen molar-refractivity contribution in [3.63, 3.8) is 0 Å². The van der Waals surface area contributed by atoms with E-state index < -0.39 is 27.9 Å². The number of carbonyl (C=O) groups excluding carboxylic acids is 1. The van der Waals surface area contributed by atoms with Crippen molar-refractivity contribution in [1.82, 2.24) is 0 Å². The number of carboxylic acid groups (broad SMARTS) is 1. The molecule has 6 heteroatoms. The highest BCUT2D eigenvalue weighted by Gasteiger charge is 2.29. The largest absolute Gasteiger partial charge is 0.480 e. The zero-order chi connectivity index (χ0) is 15.3. The monoisotopic (exact) mass is 297 g/mol. The maximum absolute atomic E-state index is 12.0. The van der Waals surface area contributed by atoms with E-state index in [9.17, 15) is 13.8 Å². The molecule has 0 aliphatic rings. The van der Waals surface area contributed by atoms with Crippen LogP contribution in [0.25, 0.3) is 0 Å². The van der Waals surface area contributed by atoms with Crippen molar-refractivity contribution >= 4 is 28.4 Å². The van der Waals surface area contributed by atoms with Gasteiger partial charge < -0.3 is 10.4 Å². The zero-order valence-corrected chi connectivity index (χ0v) is 12.6. The van der Waals surface area contributed by atoms with E-state index in [1.54, 1.807) is 26.0 Å². The van der Waals surface area contributed by atoms with E-state index >= 15 is 0 Å². The van der Waals surface area contributed by atoms with Gasteiger partial charge >= 0.3 is 5.97 Å². The molecule has 0 aliphatic carbocycles. The summed E-state index contributed by atoms with van der Waals surface area (Å²) < 4.78 is 12.0. The first kappa shape index (κ1) is 16.4. The topological polar surface area (TPSA) is 83.5 Å². The van der Waals surface area contributed by atoms with E-state index in [4.69, 9.17) is 5.11 Å². The summed E-state index contributed by atoms with van der Waals surface area (Å²) in [6, 6.07) is 7.18. The number of carboxylic acids is 1. The molecule has 0 radical (unpaired) electrons. The second-order valence-corrected chi connectivity index (χ2v) is 6.50. The van der Waals surface area contributed by atoms with Crippen LogP contribution in [0.1, 0.15) is 19.4 Å². The van der Waals surface area contributed by atoms with Crippen LogP contribution in [0.15, 0.2) is 24.3 Å². The van der Waals surface area contributed by atoms with Crippen LogP contribution in [-0.4, -0.2) is 32.2 Å². The van der Waals surface area contributed by atoms with E-state index in [0.717, 1.165) is 5.56 Å². The summed E-state index contributed by atoms with van der Waals surface area (Å²) in [6.45, 7) is 5.28. The van der Waals surface area contributed by atoms with E-state index in [2.05, 4.69) is 5.32 Å². The summed E-state index contributed by atoms with van der Waals surface area (Å²) in [5.74, 6) is -2.19. The highest BCUT2D eigenvalue weighted by atomic mass is 32.2. The molecule has 1 amide bonds. The minimum Gasteiger partial charge on any atom is -0.480 e. The van der Waals surface area contributed by atoms with Crippen molar-refractivity contribution in [2.45, 2.75) is 26.0 Å². The standard InChI is InChI=1S/C14H19NO4S/c1-9(2)13(14(17)18)20(19)8-12(16)15-11-6-4-10(3)5-7-11/h4-7,9,13H,8H2,1-3H3,(H,15,16)(H,17,18). The average Bonchev–Trinajstić information content (AvgIpc) is 2.30. The van der Waals surface area contributed by atoms with E-state index in [1.807, 2.05) is 19.1 Å². The van der Waals surface area contributed by atoms with Crippen molar-refractivity contribution < 1.29 is 18.9 Å². The fraction of sp³-hybridized carbons (Fsp3) is 0.429. The molecular formula is C14H19NO4S.